The van der Waals surface area contributed by atoms with Crippen molar-refractivity contribution in [2.75, 3.05) is 0 Å². The number of para-hydroxylation sites is 2. The summed E-state index contributed by atoms with van der Waals surface area (Å²) in [5.41, 5.74) is -0.300. The molecule has 0 amide bonds. The highest BCUT2D eigenvalue weighted by molar-refractivity contribution is 5.45. The van der Waals surface area contributed by atoms with Gasteiger partial charge in [-0.2, -0.15) is 0 Å². The minimum atomic E-state index is -2.37. The lowest BCUT2D eigenvalue weighted by atomic mass is 10.2. The third kappa shape index (κ3) is 3.18. The van der Waals surface area contributed by atoms with Crippen molar-refractivity contribution in [3.05, 3.63) is 34.4 Å². The lowest BCUT2D eigenvalue weighted by Crippen LogP contribution is -2.35. The van der Waals surface area contributed by atoms with Gasteiger partial charge in [0.25, 0.3) is 0 Å². The average Bonchev–Trinajstić information content (AvgIpc) is 2.17. The number of hydrogen-bond acceptors (Lipinski definition) is 5. The van der Waals surface area contributed by atoms with Crippen LogP contribution in [0.4, 0.5) is 5.69 Å². The molecule has 0 radical (unpaired) electrons. The van der Waals surface area contributed by atoms with Crippen molar-refractivity contribution in [1.82, 2.24) is 0 Å². The Bertz CT molecular complexity index is 377. The van der Waals surface area contributed by atoms with E-state index in [1.807, 2.05) is 0 Å². The monoisotopic (exact) mass is 227 g/mol. The summed E-state index contributed by atoms with van der Waals surface area (Å²) in [5.74, 6) is -2.54. The van der Waals surface area contributed by atoms with Crippen LogP contribution in [-0.2, 0) is 0 Å². The molecule has 0 aliphatic rings. The predicted octanol–water partition coefficient (Wildman–Crippen LogP) is 1.41. The number of rotatable bonds is 5. The maximum atomic E-state index is 10.6. The molecule has 0 atom stereocenters. The standard InChI is InChI=1S/C10H13NO5/c1-2-7-10(12,13)16-9-6-4-3-5-8(9)11(14)15/h3-6,12-13H,2,7H2,1H3. The van der Waals surface area contributed by atoms with E-state index in [4.69, 9.17) is 4.74 Å². The van der Waals surface area contributed by atoms with Crippen LogP contribution in [0.1, 0.15) is 19.8 Å². The number of aliphatic hydroxyl groups is 2. The maximum Gasteiger partial charge on any atom is 0.322 e. The van der Waals surface area contributed by atoms with Crippen molar-refractivity contribution >= 4 is 5.69 Å². The Balaban J connectivity index is 2.92. The minimum absolute atomic E-state index is 0.0287. The van der Waals surface area contributed by atoms with Crippen molar-refractivity contribution in [3.8, 4) is 5.75 Å². The minimum Gasteiger partial charge on any atom is -0.432 e. The highest BCUT2D eigenvalue weighted by Crippen LogP contribution is 2.29. The van der Waals surface area contributed by atoms with Crippen molar-refractivity contribution in [3.63, 3.8) is 0 Å². The SMILES string of the molecule is CCCC(O)(O)Oc1ccccc1[N+](=O)[O-]. The average molecular weight is 227 g/mol. The number of ether oxygens (including phenoxy) is 1. The normalized spacial score (nSPS) is 11.2. The van der Waals surface area contributed by atoms with Gasteiger partial charge in [-0.05, 0) is 12.5 Å². The van der Waals surface area contributed by atoms with Gasteiger partial charge in [-0.15, -0.1) is 0 Å². The quantitative estimate of drug-likeness (QED) is 0.450. The molecule has 2 N–H and O–H groups in total. The van der Waals surface area contributed by atoms with E-state index in [-0.39, 0.29) is 17.9 Å². The van der Waals surface area contributed by atoms with Crippen LogP contribution in [0.2, 0.25) is 0 Å². The molecule has 0 aromatic heterocycles. The number of nitro benzene ring substituents is 1. The van der Waals surface area contributed by atoms with Gasteiger partial charge in [0.15, 0.2) is 0 Å². The Morgan fingerprint density at radius 3 is 2.62 bits per heavy atom. The molecule has 88 valence electrons. The fourth-order valence-electron chi connectivity index (χ4n) is 1.25. The van der Waals surface area contributed by atoms with Crippen molar-refractivity contribution < 1.29 is 19.9 Å². The smallest absolute Gasteiger partial charge is 0.322 e. The molecule has 6 heteroatoms. The van der Waals surface area contributed by atoms with E-state index in [1.54, 1.807) is 6.92 Å². The van der Waals surface area contributed by atoms with Crippen LogP contribution in [0, 0.1) is 10.1 Å². The molecule has 0 unspecified atom stereocenters. The number of hydrogen-bond donors (Lipinski definition) is 2. The molecular formula is C10H13NO5. The molecule has 0 saturated carbocycles. The lowest BCUT2D eigenvalue weighted by Gasteiger charge is -2.21. The van der Waals surface area contributed by atoms with Crippen molar-refractivity contribution in [2.24, 2.45) is 0 Å². The van der Waals surface area contributed by atoms with Crippen LogP contribution >= 0.6 is 0 Å². The Labute approximate surface area is 92.2 Å². The third-order valence-corrected chi connectivity index (χ3v) is 1.91. The molecule has 1 aromatic carbocycles. The Morgan fingerprint density at radius 2 is 2.06 bits per heavy atom. The summed E-state index contributed by atoms with van der Waals surface area (Å²) in [6, 6.07) is 5.54. The van der Waals surface area contributed by atoms with Crippen LogP contribution in [0.3, 0.4) is 0 Å². The lowest BCUT2D eigenvalue weighted by molar-refractivity contribution is -0.389. The maximum absolute atomic E-state index is 10.6. The summed E-state index contributed by atoms with van der Waals surface area (Å²) in [4.78, 5) is 9.99. The Kier molecular flexibility index (Phi) is 3.81. The number of benzene rings is 1. The molecule has 0 spiro atoms. The van der Waals surface area contributed by atoms with Gasteiger partial charge in [-0.1, -0.05) is 19.1 Å². The molecule has 0 aliphatic carbocycles. The molecule has 0 fully saturated rings. The van der Waals surface area contributed by atoms with E-state index in [9.17, 15) is 20.3 Å². The van der Waals surface area contributed by atoms with Gasteiger partial charge in [0.2, 0.25) is 5.75 Å². The van der Waals surface area contributed by atoms with Crippen molar-refractivity contribution in [2.45, 2.75) is 25.7 Å². The third-order valence-electron chi connectivity index (χ3n) is 1.91. The first kappa shape index (κ1) is 12.4. The molecule has 0 heterocycles. The van der Waals surface area contributed by atoms with Crippen LogP contribution in [0.25, 0.3) is 0 Å². The van der Waals surface area contributed by atoms with E-state index in [0.717, 1.165) is 0 Å². The second kappa shape index (κ2) is 4.91. The highest BCUT2D eigenvalue weighted by atomic mass is 16.8. The van der Waals surface area contributed by atoms with E-state index < -0.39 is 10.9 Å². The zero-order chi connectivity index (χ0) is 12.2. The molecule has 1 aromatic rings. The van der Waals surface area contributed by atoms with Crippen LogP contribution in [0.5, 0.6) is 5.75 Å². The summed E-state index contributed by atoms with van der Waals surface area (Å²) in [6.45, 7) is 1.74. The molecular weight excluding hydrogens is 214 g/mol. The van der Waals surface area contributed by atoms with Gasteiger partial charge in [-0.3, -0.25) is 10.1 Å². The molecule has 0 saturated heterocycles. The molecule has 0 aliphatic heterocycles. The zero-order valence-electron chi connectivity index (χ0n) is 8.79. The second-order valence-corrected chi connectivity index (χ2v) is 3.32. The second-order valence-electron chi connectivity index (χ2n) is 3.32. The molecule has 6 nitrogen and oxygen atoms in total. The van der Waals surface area contributed by atoms with Crippen LogP contribution < -0.4 is 4.74 Å². The van der Waals surface area contributed by atoms with Crippen LogP contribution in [-0.4, -0.2) is 21.1 Å². The predicted molar refractivity (Wildman–Crippen MR) is 55.8 cm³/mol. The first-order valence-corrected chi connectivity index (χ1v) is 4.83. The van der Waals surface area contributed by atoms with Gasteiger partial charge in [-0.25, -0.2) is 0 Å². The van der Waals surface area contributed by atoms with Crippen LogP contribution in [0.15, 0.2) is 24.3 Å². The van der Waals surface area contributed by atoms with Gasteiger partial charge >= 0.3 is 11.7 Å². The van der Waals surface area contributed by atoms with Gasteiger partial charge in [0.05, 0.1) is 4.92 Å². The Hall–Kier alpha value is -1.66. The molecule has 1 rings (SSSR count). The first-order valence-electron chi connectivity index (χ1n) is 4.83. The largest absolute Gasteiger partial charge is 0.432 e. The zero-order valence-corrected chi connectivity index (χ0v) is 8.79. The van der Waals surface area contributed by atoms with E-state index in [1.165, 1.54) is 24.3 Å². The summed E-state index contributed by atoms with van der Waals surface area (Å²) in [6.07, 6.45) is 0.451. The van der Waals surface area contributed by atoms with Gasteiger partial charge in [0.1, 0.15) is 0 Å². The molecule has 16 heavy (non-hydrogen) atoms. The van der Waals surface area contributed by atoms with Gasteiger partial charge < -0.3 is 14.9 Å². The summed E-state index contributed by atoms with van der Waals surface area (Å²) in [7, 11) is 0. The van der Waals surface area contributed by atoms with Gasteiger partial charge in [0, 0.05) is 12.5 Å². The van der Waals surface area contributed by atoms with E-state index in [2.05, 4.69) is 0 Å². The number of nitro groups is 1. The Morgan fingerprint density at radius 1 is 1.44 bits per heavy atom. The summed E-state index contributed by atoms with van der Waals surface area (Å²) < 4.78 is 4.80. The number of nitrogens with zero attached hydrogens (tertiary/aromatic N) is 1. The highest BCUT2D eigenvalue weighted by Gasteiger charge is 2.27. The van der Waals surface area contributed by atoms with E-state index >= 15 is 0 Å². The summed E-state index contributed by atoms with van der Waals surface area (Å²) in [5, 5.41) is 29.4. The fraction of sp³-hybridized carbons (Fsp3) is 0.400. The van der Waals surface area contributed by atoms with E-state index in [0.29, 0.717) is 6.42 Å². The van der Waals surface area contributed by atoms with Crippen molar-refractivity contribution in [1.29, 1.82) is 0 Å². The fourth-order valence-corrected chi connectivity index (χ4v) is 1.25. The first-order chi connectivity index (χ1) is 7.46. The topological polar surface area (TPSA) is 92.8 Å². The summed E-state index contributed by atoms with van der Waals surface area (Å²) >= 11 is 0. The molecule has 0 bridgehead atoms.